The van der Waals surface area contributed by atoms with Crippen molar-refractivity contribution in [2.75, 3.05) is 13.6 Å². The Balaban J connectivity index is 0.00000576. The van der Waals surface area contributed by atoms with Crippen LogP contribution in [0, 0.1) is 0 Å². The molecule has 5 nitrogen and oxygen atoms in total. The van der Waals surface area contributed by atoms with Crippen LogP contribution in [-0.4, -0.2) is 31.0 Å². The summed E-state index contributed by atoms with van der Waals surface area (Å²) in [5.74, 6) is 0.738. The van der Waals surface area contributed by atoms with E-state index in [0.717, 1.165) is 24.5 Å². The largest absolute Gasteiger partial charge is 0.356 e. The van der Waals surface area contributed by atoms with E-state index < -0.39 is 0 Å². The Morgan fingerprint density at radius 3 is 2.48 bits per heavy atom. The summed E-state index contributed by atoms with van der Waals surface area (Å²) in [5.41, 5.74) is 1.48. The van der Waals surface area contributed by atoms with Gasteiger partial charge in [0.25, 0.3) is 5.91 Å². The summed E-state index contributed by atoms with van der Waals surface area (Å²) in [6.07, 6.45) is 3.56. The fraction of sp³-hybridized carbons (Fsp3) is 0.579. The minimum Gasteiger partial charge on any atom is -0.356 e. The van der Waals surface area contributed by atoms with Crippen LogP contribution in [0.15, 0.2) is 29.3 Å². The maximum atomic E-state index is 12.2. The number of rotatable bonds is 7. The zero-order valence-corrected chi connectivity index (χ0v) is 18.4. The molecule has 0 spiro atoms. The number of nitrogens with one attached hydrogen (secondary N) is 3. The number of unbranched alkanes of at least 4 members (excludes halogenated alkanes) is 2. The topological polar surface area (TPSA) is 65.5 Å². The predicted molar refractivity (Wildman–Crippen MR) is 117 cm³/mol. The van der Waals surface area contributed by atoms with Crippen LogP contribution < -0.4 is 16.0 Å². The van der Waals surface area contributed by atoms with Crippen LogP contribution >= 0.6 is 24.0 Å². The molecule has 0 atom stereocenters. The van der Waals surface area contributed by atoms with Gasteiger partial charge in [-0.15, -0.1) is 24.0 Å². The van der Waals surface area contributed by atoms with Crippen LogP contribution in [0.4, 0.5) is 0 Å². The van der Waals surface area contributed by atoms with Crippen molar-refractivity contribution in [3.63, 3.8) is 0 Å². The van der Waals surface area contributed by atoms with Gasteiger partial charge in [-0.1, -0.05) is 31.9 Å². The van der Waals surface area contributed by atoms with Gasteiger partial charge in [0.2, 0.25) is 0 Å². The number of aliphatic imine (C=N–C) groups is 1. The molecule has 0 radical (unpaired) electrons. The number of guanidine groups is 1. The second-order valence-corrected chi connectivity index (χ2v) is 6.96. The molecule has 0 heterocycles. The molecule has 1 aromatic rings. The first kappa shape index (κ1) is 23.7. The molecule has 0 saturated carbocycles. The molecule has 3 N–H and O–H groups in total. The van der Waals surface area contributed by atoms with Crippen molar-refractivity contribution in [2.24, 2.45) is 4.99 Å². The van der Waals surface area contributed by atoms with E-state index in [-0.39, 0.29) is 35.4 Å². The maximum absolute atomic E-state index is 12.2. The number of benzene rings is 1. The Bertz CT molecular complexity index is 553. The maximum Gasteiger partial charge on any atom is 0.251 e. The van der Waals surface area contributed by atoms with Crippen LogP contribution in [-0.2, 0) is 6.54 Å². The molecule has 0 fully saturated rings. The van der Waals surface area contributed by atoms with E-state index in [4.69, 9.17) is 0 Å². The molecule has 0 aliphatic heterocycles. The Kier molecular flexibility index (Phi) is 11.5. The van der Waals surface area contributed by atoms with Gasteiger partial charge in [0, 0.05) is 31.2 Å². The first-order valence-corrected chi connectivity index (χ1v) is 8.71. The third kappa shape index (κ3) is 10.3. The summed E-state index contributed by atoms with van der Waals surface area (Å²) in [5, 5.41) is 9.57. The number of halogens is 1. The van der Waals surface area contributed by atoms with E-state index in [9.17, 15) is 4.79 Å². The van der Waals surface area contributed by atoms with Crippen molar-refractivity contribution in [3.05, 3.63) is 35.4 Å². The van der Waals surface area contributed by atoms with E-state index in [2.05, 4.69) is 27.9 Å². The molecule has 0 aliphatic rings. The summed E-state index contributed by atoms with van der Waals surface area (Å²) in [7, 11) is 1.77. The van der Waals surface area contributed by atoms with E-state index >= 15 is 0 Å². The molecule has 142 valence electrons. The molecule has 0 aliphatic carbocycles. The van der Waals surface area contributed by atoms with Crippen LogP contribution in [0.25, 0.3) is 0 Å². The SMILES string of the molecule is CCCCCNC(=NC)NCc1cccc(C(=O)NC(C)(C)C)c1.I. The first-order chi connectivity index (χ1) is 11.4. The number of nitrogens with zero attached hydrogens (tertiary/aromatic N) is 1. The minimum absolute atomic E-state index is 0. The zero-order chi connectivity index (χ0) is 18.0. The summed E-state index contributed by atoms with van der Waals surface area (Å²) >= 11 is 0. The monoisotopic (exact) mass is 460 g/mol. The lowest BCUT2D eigenvalue weighted by Crippen LogP contribution is -2.40. The Morgan fingerprint density at radius 2 is 1.88 bits per heavy atom. The fourth-order valence-corrected chi connectivity index (χ4v) is 2.22. The average Bonchev–Trinajstić information content (AvgIpc) is 2.53. The molecule has 0 aromatic heterocycles. The standard InChI is InChI=1S/C19H32N4O.HI/c1-6-7-8-12-21-18(20-5)22-14-15-10-9-11-16(13-15)17(24)23-19(2,3)4;/h9-11,13H,6-8,12,14H2,1-5H3,(H,23,24)(H2,20,21,22);1H. The molecule has 1 amide bonds. The van der Waals surface area contributed by atoms with Crippen LogP contribution in [0.2, 0.25) is 0 Å². The van der Waals surface area contributed by atoms with Crippen LogP contribution in [0.1, 0.15) is 62.9 Å². The summed E-state index contributed by atoms with van der Waals surface area (Å²) < 4.78 is 0. The molecular weight excluding hydrogens is 427 g/mol. The molecule has 0 unspecified atom stereocenters. The van der Waals surface area contributed by atoms with E-state index in [1.54, 1.807) is 7.05 Å². The highest BCUT2D eigenvalue weighted by Crippen LogP contribution is 2.08. The van der Waals surface area contributed by atoms with E-state index in [0.29, 0.717) is 12.1 Å². The van der Waals surface area contributed by atoms with Crippen LogP contribution in [0.3, 0.4) is 0 Å². The van der Waals surface area contributed by atoms with Gasteiger partial charge >= 0.3 is 0 Å². The highest BCUT2D eigenvalue weighted by atomic mass is 127. The molecule has 25 heavy (non-hydrogen) atoms. The number of hydrogen-bond acceptors (Lipinski definition) is 2. The van der Waals surface area contributed by atoms with Gasteiger partial charge in [0.05, 0.1) is 0 Å². The number of hydrogen-bond donors (Lipinski definition) is 3. The zero-order valence-electron chi connectivity index (χ0n) is 16.1. The lowest BCUT2D eigenvalue weighted by molar-refractivity contribution is 0.0919. The fourth-order valence-electron chi connectivity index (χ4n) is 2.22. The van der Waals surface area contributed by atoms with E-state index in [1.807, 2.05) is 45.0 Å². The average molecular weight is 460 g/mol. The van der Waals surface area contributed by atoms with Gasteiger partial charge in [-0.3, -0.25) is 9.79 Å². The van der Waals surface area contributed by atoms with Crippen molar-refractivity contribution in [3.8, 4) is 0 Å². The molecule has 1 rings (SSSR count). The van der Waals surface area contributed by atoms with Crippen molar-refractivity contribution in [1.82, 2.24) is 16.0 Å². The normalized spacial score (nSPS) is 11.5. The molecular formula is C19H33IN4O. The van der Waals surface area contributed by atoms with E-state index in [1.165, 1.54) is 12.8 Å². The lowest BCUT2D eigenvalue weighted by Gasteiger charge is -2.20. The Hall–Kier alpha value is -1.31. The molecule has 0 saturated heterocycles. The third-order valence-electron chi connectivity index (χ3n) is 3.43. The number of amides is 1. The Labute approximate surface area is 169 Å². The second kappa shape index (κ2) is 12.1. The van der Waals surface area contributed by atoms with Crippen molar-refractivity contribution in [1.29, 1.82) is 0 Å². The molecule has 1 aromatic carbocycles. The summed E-state index contributed by atoms with van der Waals surface area (Å²) in [6, 6.07) is 7.66. The Morgan fingerprint density at radius 1 is 1.16 bits per heavy atom. The number of carbonyl (C=O) groups excluding carboxylic acids is 1. The highest BCUT2D eigenvalue weighted by Gasteiger charge is 2.15. The minimum atomic E-state index is -0.240. The van der Waals surface area contributed by atoms with Crippen molar-refractivity contribution >= 4 is 35.8 Å². The lowest BCUT2D eigenvalue weighted by atomic mass is 10.1. The van der Waals surface area contributed by atoms with Gasteiger partial charge < -0.3 is 16.0 Å². The van der Waals surface area contributed by atoms with Crippen molar-refractivity contribution in [2.45, 2.75) is 59.0 Å². The highest BCUT2D eigenvalue weighted by molar-refractivity contribution is 14.0. The van der Waals surface area contributed by atoms with Gasteiger partial charge in [-0.05, 0) is 44.9 Å². The van der Waals surface area contributed by atoms with Gasteiger partial charge in [0.15, 0.2) is 5.96 Å². The van der Waals surface area contributed by atoms with Gasteiger partial charge in [-0.2, -0.15) is 0 Å². The van der Waals surface area contributed by atoms with Crippen LogP contribution in [0.5, 0.6) is 0 Å². The van der Waals surface area contributed by atoms with Crippen molar-refractivity contribution < 1.29 is 4.79 Å². The van der Waals surface area contributed by atoms with Gasteiger partial charge in [-0.25, -0.2) is 0 Å². The summed E-state index contributed by atoms with van der Waals surface area (Å²) in [6.45, 7) is 9.67. The van der Waals surface area contributed by atoms with Gasteiger partial charge in [0.1, 0.15) is 0 Å². The summed E-state index contributed by atoms with van der Waals surface area (Å²) in [4.78, 5) is 16.5. The predicted octanol–water partition coefficient (Wildman–Crippen LogP) is 3.69. The molecule has 6 heteroatoms. The smallest absolute Gasteiger partial charge is 0.251 e. The quantitative estimate of drug-likeness (QED) is 0.252. The molecule has 0 bridgehead atoms. The number of carbonyl (C=O) groups is 1. The second-order valence-electron chi connectivity index (χ2n) is 6.96. The third-order valence-corrected chi connectivity index (χ3v) is 3.43. The first-order valence-electron chi connectivity index (χ1n) is 8.71.